The van der Waals surface area contributed by atoms with Crippen LogP contribution in [0.1, 0.15) is 5.56 Å². The van der Waals surface area contributed by atoms with Crippen molar-refractivity contribution in [2.75, 3.05) is 0 Å². The molecule has 2 aromatic rings. The zero-order valence-corrected chi connectivity index (χ0v) is 9.18. The van der Waals surface area contributed by atoms with Gasteiger partial charge in [-0.1, -0.05) is 6.07 Å². The Balaban J connectivity index is 2.17. The summed E-state index contributed by atoms with van der Waals surface area (Å²) >= 11 is 0. The lowest BCUT2D eigenvalue weighted by Gasteiger charge is -2.03. The first kappa shape index (κ1) is 11.9. The SMILES string of the molecule is O=[N+]([O-])c1cccc(Oc2ncc(CO)cn2)c1. The molecule has 0 radical (unpaired) electrons. The molecule has 1 aromatic carbocycles. The molecule has 1 aromatic heterocycles. The molecule has 0 saturated carbocycles. The van der Waals surface area contributed by atoms with Gasteiger partial charge in [0.15, 0.2) is 0 Å². The zero-order valence-electron chi connectivity index (χ0n) is 9.18. The van der Waals surface area contributed by atoms with Crippen LogP contribution in [-0.4, -0.2) is 20.0 Å². The molecule has 0 spiro atoms. The second-order valence-electron chi connectivity index (χ2n) is 3.39. The van der Waals surface area contributed by atoms with Crippen LogP contribution < -0.4 is 4.74 Å². The van der Waals surface area contributed by atoms with E-state index in [0.29, 0.717) is 5.56 Å². The van der Waals surface area contributed by atoms with E-state index >= 15 is 0 Å². The van der Waals surface area contributed by atoms with Crippen LogP contribution >= 0.6 is 0 Å². The smallest absolute Gasteiger partial charge is 0.321 e. The zero-order chi connectivity index (χ0) is 13.0. The molecule has 18 heavy (non-hydrogen) atoms. The summed E-state index contributed by atoms with van der Waals surface area (Å²) < 4.78 is 5.26. The molecule has 0 amide bonds. The van der Waals surface area contributed by atoms with E-state index in [4.69, 9.17) is 9.84 Å². The van der Waals surface area contributed by atoms with Crippen molar-refractivity contribution in [3.8, 4) is 11.8 Å². The second kappa shape index (κ2) is 5.19. The van der Waals surface area contributed by atoms with E-state index < -0.39 is 4.92 Å². The van der Waals surface area contributed by atoms with Crippen LogP contribution in [0.15, 0.2) is 36.7 Å². The minimum absolute atomic E-state index is 0.0627. The van der Waals surface area contributed by atoms with Gasteiger partial charge in [-0.3, -0.25) is 10.1 Å². The lowest BCUT2D eigenvalue weighted by atomic mass is 10.3. The minimum atomic E-state index is -0.511. The molecule has 0 aliphatic heterocycles. The third kappa shape index (κ3) is 2.77. The van der Waals surface area contributed by atoms with E-state index in [9.17, 15) is 10.1 Å². The number of non-ortho nitro benzene ring substituents is 1. The highest BCUT2D eigenvalue weighted by Crippen LogP contribution is 2.22. The fraction of sp³-hybridized carbons (Fsp3) is 0.0909. The average molecular weight is 247 g/mol. The molecule has 7 nitrogen and oxygen atoms in total. The maximum absolute atomic E-state index is 10.6. The van der Waals surface area contributed by atoms with Crippen LogP contribution in [-0.2, 0) is 6.61 Å². The van der Waals surface area contributed by atoms with E-state index in [1.54, 1.807) is 6.07 Å². The number of benzene rings is 1. The highest BCUT2D eigenvalue weighted by molar-refractivity contribution is 5.38. The Morgan fingerprint density at radius 1 is 1.33 bits per heavy atom. The number of nitrogens with zero attached hydrogens (tertiary/aromatic N) is 3. The largest absolute Gasteiger partial charge is 0.424 e. The van der Waals surface area contributed by atoms with Gasteiger partial charge in [0.2, 0.25) is 0 Å². The molecular weight excluding hydrogens is 238 g/mol. The van der Waals surface area contributed by atoms with E-state index in [1.165, 1.54) is 30.6 Å². The number of aromatic nitrogens is 2. The quantitative estimate of drug-likeness (QED) is 0.651. The summed E-state index contributed by atoms with van der Waals surface area (Å²) in [5.41, 5.74) is 0.487. The van der Waals surface area contributed by atoms with E-state index in [2.05, 4.69) is 9.97 Å². The van der Waals surface area contributed by atoms with Gasteiger partial charge in [-0.25, -0.2) is 9.97 Å². The first-order chi connectivity index (χ1) is 8.69. The average Bonchev–Trinajstić information content (AvgIpc) is 2.40. The van der Waals surface area contributed by atoms with Crippen molar-refractivity contribution in [1.82, 2.24) is 9.97 Å². The number of nitro benzene ring substituents is 1. The van der Waals surface area contributed by atoms with Crippen molar-refractivity contribution in [3.05, 3.63) is 52.3 Å². The van der Waals surface area contributed by atoms with Gasteiger partial charge in [-0.05, 0) is 6.07 Å². The lowest BCUT2D eigenvalue weighted by Crippen LogP contribution is -1.94. The maximum atomic E-state index is 10.6. The molecule has 2 rings (SSSR count). The first-order valence-corrected chi connectivity index (χ1v) is 5.03. The number of rotatable bonds is 4. The fourth-order valence-electron chi connectivity index (χ4n) is 1.24. The topological polar surface area (TPSA) is 98.4 Å². The van der Waals surface area contributed by atoms with E-state index in [-0.39, 0.29) is 24.1 Å². The molecule has 0 saturated heterocycles. The van der Waals surface area contributed by atoms with Crippen LogP contribution in [0.3, 0.4) is 0 Å². The summed E-state index contributed by atoms with van der Waals surface area (Å²) in [6.07, 6.45) is 2.83. The van der Waals surface area contributed by atoms with Crippen molar-refractivity contribution in [2.24, 2.45) is 0 Å². The van der Waals surface area contributed by atoms with Gasteiger partial charge in [0.05, 0.1) is 17.6 Å². The molecule has 0 atom stereocenters. The van der Waals surface area contributed by atoms with Crippen LogP contribution in [0, 0.1) is 10.1 Å². The first-order valence-electron chi connectivity index (χ1n) is 5.03. The van der Waals surface area contributed by atoms with E-state index in [0.717, 1.165) is 0 Å². The van der Waals surface area contributed by atoms with Crippen LogP contribution in [0.25, 0.3) is 0 Å². The number of ether oxygens (including phenoxy) is 1. The van der Waals surface area contributed by atoms with E-state index in [1.807, 2.05) is 0 Å². The molecule has 0 aliphatic rings. The Kier molecular flexibility index (Phi) is 3.44. The van der Waals surface area contributed by atoms with Gasteiger partial charge < -0.3 is 9.84 Å². The van der Waals surface area contributed by atoms with Crippen molar-refractivity contribution in [3.63, 3.8) is 0 Å². The molecule has 1 N–H and O–H groups in total. The highest BCUT2D eigenvalue weighted by atomic mass is 16.6. The number of hydrogen-bond donors (Lipinski definition) is 1. The van der Waals surface area contributed by atoms with Gasteiger partial charge >= 0.3 is 6.01 Å². The summed E-state index contributed by atoms with van der Waals surface area (Å²) in [6.45, 7) is -0.156. The Morgan fingerprint density at radius 3 is 2.67 bits per heavy atom. The molecule has 92 valence electrons. The molecule has 7 heteroatoms. The third-order valence-electron chi connectivity index (χ3n) is 2.10. The van der Waals surface area contributed by atoms with Gasteiger partial charge in [0.25, 0.3) is 5.69 Å². The standard InChI is InChI=1S/C11H9N3O4/c15-7-8-5-12-11(13-6-8)18-10-3-1-2-9(4-10)14(16)17/h1-6,15H,7H2. The normalized spacial score (nSPS) is 10.1. The summed E-state index contributed by atoms with van der Waals surface area (Å²) in [5, 5.41) is 19.4. The summed E-state index contributed by atoms with van der Waals surface area (Å²) in [5.74, 6) is 0.279. The Morgan fingerprint density at radius 2 is 2.06 bits per heavy atom. The summed E-state index contributed by atoms with van der Waals surface area (Å²) in [7, 11) is 0. The van der Waals surface area contributed by atoms with Crippen LogP contribution in [0.2, 0.25) is 0 Å². The van der Waals surface area contributed by atoms with Gasteiger partial charge in [-0.2, -0.15) is 0 Å². The van der Waals surface area contributed by atoms with Crippen molar-refractivity contribution in [2.45, 2.75) is 6.61 Å². The number of aliphatic hydroxyl groups is 1. The monoisotopic (exact) mass is 247 g/mol. The highest BCUT2D eigenvalue weighted by Gasteiger charge is 2.07. The minimum Gasteiger partial charge on any atom is -0.424 e. The Bertz CT molecular complexity index is 556. The molecular formula is C11H9N3O4. The predicted molar refractivity (Wildman–Crippen MR) is 61.1 cm³/mol. The Hall–Kier alpha value is -2.54. The van der Waals surface area contributed by atoms with Crippen LogP contribution in [0.5, 0.6) is 11.8 Å². The molecule has 0 unspecified atom stereocenters. The number of nitro groups is 1. The number of aliphatic hydroxyl groups excluding tert-OH is 1. The Labute approximate surface area is 102 Å². The lowest BCUT2D eigenvalue weighted by molar-refractivity contribution is -0.384. The molecule has 0 fully saturated rings. The summed E-state index contributed by atoms with van der Waals surface area (Å²) in [6, 6.07) is 5.78. The fourth-order valence-corrected chi connectivity index (χ4v) is 1.24. The van der Waals surface area contributed by atoms with Crippen molar-refractivity contribution >= 4 is 5.69 Å². The van der Waals surface area contributed by atoms with Gasteiger partial charge in [-0.15, -0.1) is 0 Å². The van der Waals surface area contributed by atoms with Crippen LogP contribution in [0.4, 0.5) is 5.69 Å². The van der Waals surface area contributed by atoms with Gasteiger partial charge in [0.1, 0.15) is 5.75 Å². The summed E-state index contributed by atoms with van der Waals surface area (Å²) in [4.78, 5) is 17.8. The van der Waals surface area contributed by atoms with Crippen molar-refractivity contribution < 1.29 is 14.8 Å². The third-order valence-corrected chi connectivity index (χ3v) is 2.10. The number of hydrogen-bond acceptors (Lipinski definition) is 6. The predicted octanol–water partition coefficient (Wildman–Crippen LogP) is 1.67. The maximum Gasteiger partial charge on any atom is 0.321 e. The molecule has 1 heterocycles. The van der Waals surface area contributed by atoms with Crippen molar-refractivity contribution in [1.29, 1.82) is 0 Å². The second-order valence-corrected chi connectivity index (χ2v) is 3.39. The molecule has 0 aliphatic carbocycles. The molecule has 0 bridgehead atoms. The van der Waals surface area contributed by atoms with Gasteiger partial charge in [0, 0.05) is 24.0 Å².